The first-order valence-electron chi connectivity index (χ1n) is 7.31. The van der Waals surface area contributed by atoms with Crippen molar-refractivity contribution in [2.75, 3.05) is 20.3 Å². The van der Waals surface area contributed by atoms with Gasteiger partial charge in [-0.3, -0.25) is 9.59 Å². The number of amides is 1. The largest absolute Gasteiger partial charge is 0.493 e. The smallest absolute Gasteiger partial charge is 0.274 e. The predicted octanol–water partition coefficient (Wildman–Crippen LogP) is 1.20. The zero-order valence-corrected chi connectivity index (χ0v) is 12.7. The number of hydrogen-bond acceptors (Lipinski definition) is 5. The molecule has 1 aliphatic rings. The molecule has 1 aliphatic heterocycles. The van der Waals surface area contributed by atoms with Crippen LogP contribution in [-0.4, -0.2) is 41.0 Å². The summed E-state index contributed by atoms with van der Waals surface area (Å²) in [6, 6.07) is 5.60. The van der Waals surface area contributed by atoms with Crippen molar-refractivity contribution in [3.63, 3.8) is 0 Å². The number of H-pyrrole nitrogens is 1. The number of para-hydroxylation sites is 1. The van der Waals surface area contributed by atoms with E-state index in [1.54, 1.807) is 12.0 Å². The summed E-state index contributed by atoms with van der Waals surface area (Å²) >= 11 is 0. The summed E-state index contributed by atoms with van der Waals surface area (Å²) in [5.41, 5.74) is 0.759. The lowest BCUT2D eigenvalue weighted by atomic mass is 10.1. The number of hydrogen-bond donors (Lipinski definition) is 1. The minimum absolute atomic E-state index is 0.218. The van der Waals surface area contributed by atoms with Gasteiger partial charge in [-0.1, -0.05) is 12.1 Å². The highest BCUT2D eigenvalue weighted by atomic mass is 16.5. The normalized spacial score (nSPS) is 14.2. The molecule has 0 fully saturated rings. The van der Waals surface area contributed by atoms with E-state index in [9.17, 15) is 9.59 Å². The lowest BCUT2D eigenvalue weighted by Crippen LogP contribution is -2.34. The molecule has 1 N–H and O–H groups in total. The number of rotatable bonds is 2. The second-order valence-electron chi connectivity index (χ2n) is 5.17. The number of ether oxygens (including phenoxy) is 2. The third-order valence-corrected chi connectivity index (χ3v) is 3.64. The Morgan fingerprint density at radius 3 is 3.04 bits per heavy atom. The second-order valence-corrected chi connectivity index (χ2v) is 5.17. The van der Waals surface area contributed by atoms with Crippen molar-refractivity contribution in [2.45, 2.75) is 13.0 Å². The van der Waals surface area contributed by atoms with Gasteiger partial charge in [-0.25, -0.2) is 4.98 Å². The van der Waals surface area contributed by atoms with E-state index in [1.807, 2.05) is 18.2 Å². The molecule has 0 radical (unpaired) electrons. The fourth-order valence-corrected chi connectivity index (χ4v) is 2.52. The number of fused-ring (bicyclic) bond motifs is 1. The van der Waals surface area contributed by atoms with Crippen LogP contribution >= 0.6 is 0 Å². The van der Waals surface area contributed by atoms with Crippen LogP contribution in [-0.2, 0) is 6.54 Å². The fraction of sp³-hybridized carbons (Fsp3) is 0.312. The Morgan fingerprint density at radius 2 is 2.30 bits per heavy atom. The number of aromatic nitrogens is 2. The summed E-state index contributed by atoms with van der Waals surface area (Å²) < 4.78 is 11.1. The Morgan fingerprint density at radius 1 is 1.43 bits per heavy atom. The summed E-state index contributed by atoms with van der Waals surface area (Å²) in [4.78, 5) is 31.8. The standard InChI is InChI=1S/C16H17N3O4/c1-22-13-5-2-4-11-10-19(6-3-7-23-15(11)13)16(21)12-8-18-14(20)9-17-12/h2,4-5,8-9H,3,6-7,10H2,1H3,(H,18,20). The number of carbonyl (C=O) groups excluding carboxylic acids is 1. The van der Waals surface area contributed by atoms with E-state index in [0.29, 0.717) is 37.6 Å². The average molecular weight is 315 g/mol. The van der Waals surface area contributed by atoms with Crippen LogP contribution < -0.4 is 15.0 Å². The van der Waals surface area contributed by atoms with E-state index in [1.165, 1.54) is 6.20 Å². The van der Waals surface area contributed by atoms with Crippen molar-refractivity contribution < 1.29 is 14.3 Å². The summed E-state index contributed by atoms with van der Waals surface area (Å²) in [6.45, 7) is 1.44. The molecule has 0 saturated heterocycles. The van der Waals surface area contributed by atoms with Gasteiger partial charge in [0.1, 0.15) is 5.69 Å². The van der Waals surface area contributed by atoms with Gasteiger partial charge in [0.25, 0.3) is 11.5 Å². The van der Waals surface area contributed by atoms with Gasteiger partial charge >= 0.3 is 0 Å². The maximum absolute atomic E-state index is 12.6. The molecule has 1 amide bonds. The summed E-state index contributed by atoms with van der Waals surface area (Å²) in [5.74, 6) is 1.10. The number of aromatic amines is 1. The summed E-state index contributed by atoms with van der Waals surface area (Å²) in [7, 11) is 1.59. The van der Waals surface area contributed by atoms with Crippen LogP contribution in [0.15, 0.2) is 35.4 Å². The lowest BCUT2D eigenvalue weighted by molar-refractivity contribution is 0.0714. The molecule has 0 saturated carbocycles. The second kappa shape index (κ2) is 6.51. The first-order valence-corrected chi connectivity index (χ1v) is 7.31. The zero-order valence-electron chi connectivity index (χ0n) is 12.7. The molecule has 120 valence electrons. The number of benzene rings is 1. The maximum atomic E-state index is 12.6. The minimum Gasteiger partial charge on any atom is -0.493 e. The maximum Gasteiger partial charge on any atom is 0.274 e. The van der Waals surface area contributed by atoms with Crippen LogP contribution in [0.2, 0.25) is 0 Å². The topological polar surface area (TPSA) is 84.5 Å². The van der Waals surface area contributed by atoms with E-state index in [2.05, 4.69) is 9.97 Å². The Labute approximate surface area is 132 Å². The van der Waals surface area contributed by atoms with Crippen molar-refractivity contribution in [1.29, 1.82) is 0 Å². The molecule has 3 rings (SSSR count). The fourth-order valence-electron chi connectivity index (χ4n) is 2.52. The monoisotopic (exact) mass is 315 g/mol. The van der Waals surface area contributed by atoms with Crippen LogP contribution in [0.25, 0.3) is 0 Å². The molecule has 0 unspecified atom stereocenters. The Kier molecular flexibility index (Phi) is 4.27. The molecule has 23 heavy (non-hydrogen) atoms. The molecule has 2 aromatic rings. The van der Waals surface area contributed by atoms with Gasteiger partial charge in [-0.05, 0) is 12.5 Å². The molecule has 0 aliphatic carbocycles. The predicted molar refractivity (Wildman–Crippen MR) is 82.7 cm³/mol. The molecule has 0 spiro atoms. The molecular weight excluding hydrogens is 298 g/mol. The van der Waals surface area contributed by atoms with E-state index < -0.39 is 0 Å². The lowest BCUT2D eigenvalue weighted by Gasteiger charge is -2.27. The first-order chi connectivity index (χ1) is 11.2. The number of carbonyl (C=O) groups is 1. The Bertz CT molecular complexity index is 752. The van der Waals surface area contributed by atoms with E-state index in [4.69, 9.17) is 9.47 Å². The van der Waals surface area contributed by atoms with Crippen LogP contribution in [0.4, 0.5) is 0 Å². The molecule has 7 heteroatoms. The van der Waals surface area contributed by atoms with Crippen LogP contribution in [0, 0.1) is 0 Å². The van der Waals surface area contributed by atoms with Gasteiger partial charge < -0.3 is 19.4 Å². The van der Waals surface area contributed by atoms with Crippen LogP contribution in [0.1, 0.15) is 22.5 Å². The quantitative estimate of drug-likeness (QED) is 0.900. The average Bonchev–Trinajstić information content (AvgIpc) is 2.55. The SMILES string of the molecule is COc1cccc2c1OCCCN(C(=O)c1c[nH]c(=O)cn1)C2. The first kappa shape index (κ1) is 15.1. The minimum atomic E-state index is -0.335. The molecule has 0 atom stereocenters. The third kappa shape index (κ3) is 3.18. The highest BCUT2D eigenvalue weighted by Crippen LogP contribution is 2.33. The van der Waals surface area contributed by atoms with Gasteiger partial charge in [0.2, 0.25) is 0 Å². The van der Waals surface area contributed by atoms with Gasteiger partial charge in [0, 0.05) is 24.8 Å². The van der Waals surface area contributed by atoms with E-state index in [0.717, 1.165) is 11.8 Å². The van der Waals surface area contributed by atoms with Crippen molar-refractivity contribution in [3.8, 4) is 11.5 Å². The Balaban J connectivity index is 1.90. The molecule has 1 aromatic heterocycles. The molecule has 1 aromatic carbocycles. The van der Waals surface area contributed by atoms with Crippen molar-refractivity contribution in [2.24, 2.45) is 0 Å². The molecular formula is C16H17N3O4. The van der Waals surface area contributed by atoms with Gasteiger partial charge in [-0.2, -0.15) is 0 Å². The number of nitrogens with one attached hydrogen (secondary N) is 1. The summed E-state index contributed by atoms with van der Waals surface area (Å²) in [5, 5.41) is 0. The van der Waals surface area contributed by atoms with Crippen molar-refractivity contribution in [1.82, 2.24) is 14.9 Å². The van der Waals surface area contributed by atoms with Crippen molar-refractivity contribution in [3.05, 3.63) is 52.2 Å². The van der Waals surface area contributed by atoms with Gasteiger partial charge in [-0.15, -0.1) is 0 Å². The highest BCUT2D eigenvalue weighted by molar-refractivity contribution is 5.92. The molecule has 0 bridgehead atoms. The molecule has 7 nitrogen and oxygen atoms in total. The van der Waals surface area contributed by atoms with Gasteiger partial charge in [0.05, 0.1) is 19.9 Å². The number of methoxy groups -OCH3 is 1. The van der Waals surface area contributed by atoms with E-state index in [-0.39, 0.29) is 17.2 Å². The Hall–Kier alpha value is -2.83. The number of nitrogens with zero attached hydrogens (tertiary/aromatic N) is 2. The zero-order chi connectivity index (χ0) is 16.2. The molecule has 2 heterocycles. The third-order valence-electron chi connectivity index (χ3n) is 3.64. The van der Waals surface area contributed by atoms with Crippen LogP contribution in [0.3, 0.4) is 0 Å². The van der Waals surface area contributed by atoms with E-state index >= 15 is 0 Å². The highest BCUT2D eigenvalue weighted by Gasteiger charge is 2.22. The summed E-state index contributed by atoms with van der Waals surface area (Å²) in [6.07, 6.45) is 3.15. The van der Waals surface area contributed by atoms with Crippen molar-refractivity contribution >= 4 is 5.91 Å². The van der Waals surface area contributed by atoms with Crippen LogP contribution in [0.5, 0.6) is 11.5 Å². The van der Waals surface area contributed by atoms with Gasteiger partial charge in [0.15, 0.2) is 11.5 Å².